The van der Waals surface area contributed by atoms with Gasteiger partial charge in [-0.05, 0) is 148 Å². The summed E-state index contributed by atoms with van der Waals surface area (Å²) in [6.45, 7) is 17.9. The van der Waals surface area contributed by atoms with Crippen LogP contribution in [0.25, 0.3) is 28.1 Å². The molecule has 7 aromatic carbocycles. The number of anilines is 6. The molecule has 6 nitrogen and oxygen atoms in total. The van der Waals surface area contributed by atoms with E-state index in [0.717, 1.165) is 73.4 Å². The Hall–Kier alpha value is -7.38. The molecule has 318 valence electrons. The number of hydrogen-bond donors (Lipinski definition) is 0. The molecule has 0 atom stereocenters. The lowest BCUT2D eigenvalue weighted by atomic mass is 9.33. The van der Waals surface area contributed by atoms with Gasteiger partial charge in [-0.1, -0.05) is 114 Å². The number of hydrogen-bond acceptors (Lipinski definition) is 5. The van der Waals surface area contributed by atoms with Crippen LogP contribution < -0.4 is 30.9 Å². The average Bonchev–Trinajstić information content (AvgIpc) is 3.68. The van der Waals surface area contributed by atoms with Gasteiger partial charge >= 0.3 is 0 Å². The zero-order valence-corrected chi connectivity index (χ0v) is 38.4. The number of imidazole rings is 1. The quantitative estimate of drug-likeness (QED) is 0.156. The molecule has 65 heavy (non-hydrogen) atoms. The maximum Gasteiger partial charge on any atom is 0.252 e. The van der Waals surface area contributed by atoms with E-state index in [1.807, 2.05) is 18.2 Å². The molecule has 0 unspecified atom stereocenters. The van der Waals surface area contributed by atoms with Crippen LogP contribution in [0.4, 0.5) is 34.1 Å². The highest BCUT2D eigenvalue weighted by Crippen LogP contribution is 2.46. The summed E-state index contributed by atoms with van der Waals surface area (Å²) in [5.74, 6) is 2.21. The second kappa shape index (κ2) is 15.1. The van der Waals surface area contributed by atoms with Crippen molar-refractivity contribution in [3.63, 3.8) is 0 Å². The van der Waals surface area contributed by atoms with Gasteiger partial charge in [-0.3, -0.25) is 4.57 Å². The van der Waals surface area contributed by atoms with Crippen LogP contribution in [0.15, 0.2) is 170 Å². The predicted molar refractivity (Wildman–Crippen MR) is 272 cm³/mol. The Bertz CT molecular complexity index is 3250. The van der Waals surface area contributed by atoms with Crippen molar-refractivity contribution in [3.8, 4) is 28.7 Å². The van der Waals surface area contributed by atoms with Crippen LogP contribution in [-0.4, -0.2) is 21.2 Å². The average molecular weight is 846 g/mol. The van der Waals surface area contributed by atoms with Gasteiger partial charge in [-0.15, -0.1) is 0 Å². The highest BCUT2D eigenvalue weighted by Gasteiger charge is 2.44. The van der Waals surface area contributed by atoms with Crippen molar-refractivity contribution in [1.29, 1.82) is 0 Å². The van der Waals surface area contributed by atoms with E-state index >= 15 is 0 Å². The summed E-state index contributed by atoms with van der Waals surface area (Å²) >= 11 is 0. The van der Waals surface area contributed by atoms with E-state index in [0.29, 0.717) is 5.88 Å². The Balaban J connectivity index is 1.19. The normalized spacial score (nSPS) is 13.1. The van der Waals surface area contributed by atoms with Crippen LogP contribution in [0.3, 0.4) is 0 Å². The lowest BCUT2D eigenvalue weighted by Gasteiger charge is -2.44. The van der Waals surface area contributed by atoms with Gasteiger partial charge in [-0.25, -0.2) is 9.97 Å². The minimum absolute atomic E-state index is 0.0208. The molecule has 2 aliphatic heterocycles. The van der Waals surface area contributed by atoms with E-state index in [1.54, 1.807) is 6.20 Å². The molecule has 0 spiro atoms. The topological polar surface area (TPSA) is 46.4 Å². The standard InChI is InChI=1S/C58H52BN5O/c1-37-15-13-16-38(2)55(37)64-50-18-10-9-17-47(50)61-56(64)39-22-32-48-45(35-39)59-46-36-44(65-53-21-11-12-34-60-53)31-33-49(46)63(43-29-25-41(26-30-43)58(6,7)8)52-20-14-19-51(54(52)59)62(48)42-27-23-40(24-28-42)57(3,4)5/h9-36H,1-8H3. The fraction of sp³-hybridized carbons (Fsp3) is 0.172. The van der Waals surface area contributed by atoms with Gasteiger partial charge in [0, 0.05) is 52.0 Å². The molecule has 0 saturated carbocycles. The van der Waals surface area contributed by atoms with Crippen molar-refractivity contribution in [2.45, 2.75) is 66.2 Å². The molecule has 2 aromatic heterocycles. The zero-order valence-electron chi connectivity index (χ0n) is 38.4. The van der Waals surface area contributed by atoms with Crippen molar-refractivity contribution >= 4 is 68.3 Å². The fourth-order valence-corrected chi connectivity index (χ4v) is 10.0. The third-order valence-electron chi connectivity index (χ3n) is 13.3. The molecule has 0 N–H and O–H groups in total. The second-order valence-electron chi connectivity index (χ2n) is 19.7. The number of para-hydroxylation sites is 3. The van der Waals surface area contributed by atoms with Gasteiger partial charge in [0.2, 0.25) is 5.88 Å². The highest BCUT2D eigenvalue weighted by molar-refractivity contribution is 7.00. The molecule has 4 heterocycles. The molecule has 0 saturated heterocycles. The molecule has 9 aromatic rings. The van der Waals surface area contributed by atoms with Gasteiger partial charge in [0.15, 0.2) is 0 Å². The Morgan fingerprint density at radius 2 is 1.09 bits per heavy atom. The van der Waals surface area contributed by atoms with Gasteiger partial charge < -0.3 is 14.5 Å². The van der Waals surface area contributed by atoms with E-state index in [1.165, 1.54) is 33.2 Å². The van der Waals surface area contributed by atoms with Crippen molar-refractivity contribution in [2.75, 3.05) is 9.80 Å². The minimum atomic E-state index is -0.147. The van der Waals surface area contributed by atoms with E-state index in [4.69, 9.17) is 9.72 Å². The molecule has 0 aliphatic carbocycles. The first-order valence-electron chi connectivity index (χ1n) is 22.7. The SMILES string of the molecule is Cc1cccc(C)c1-n1c(-c2ccc3c(c2)B2c4cc(Oc5ccccn5)ccc4N(c4ccc(C(C)(C)C)cc4)c4cccc(c42)N3c2ccc(C(C)(C)C)cc2)nc2ccccc21. The maximum absolute atomic E-state index is 6.55. The largest absolute Gasteiger partial charge is 0.439 e. The number of nitrogens with zero attached hydrogens (tertiary/aromatic N) is 5. The first-order chi connectivity index (χ1) is 31.3. The van der Waals surface area contributed by atoms with E-state index in [9.17, 15) is 0 Å². The molecule has 0 bridgehead atoms. The number of aromatic nitrogens is 3. The zero-order chi connectivity index (χ0) is 44.8. The van der Waals surface area contributed by atoms with E-state index in [-0.39, 0.29) is 17.5 Å². The summed E-state index contributed by atoms with van der Waals surface area (Å²) in [5.41, 5.74) is 19.6. The first kappa shape index (κ1) is 40.4. The summed E-state index contributed by atoms with van der Waals surface area (Å²) in [5, 5.41) is 0. The van der Waals surface area contributed by atoms with Crippen molar-refractivity contribution in [2.24, 2.45) is 0 Å². The fourth-order valence-electron chi connectivity index (χ4n) is 10.0. The molecule has 7 heteroatoms. The summed E-state index contributed by atoms with van der Waals surface area (Å²) in [7, 11) is 0. The molecule has 0 amide bonds. The van der Waals surface area contributed by atoms with Gasteiger partial charge in [0.1, 0.15) is 11.6 Å². The van der Waals surface area contributed by atoms with Crippen LogP contribution in [-0.2, 0) is 10.8 Å². The van der Waals surface area contributed by atoms with Crippen molar-refractivity contribution in [1.82, 2.24) is 14.5 Å². The van der Waals surface area contributed by atoms with Crippen LogP contribution in [0, 0.1) is 13.8 Å². The van der Waals surface area contributed by atoms with Gasteiger partial charge in [0.05, 0.1) is 16.7 Å². The Morgan fingerprint density at radius 3 is 1.69 bits per heavy atom. The molecule has 0 radical (unpaired) electrons. The Labute approximate surface area is 382 Å². The highest BCUT2D eigenvalue weighted by atomic mass is 16.5. The number of pyridine rings is 1. The summed E-state index contributed by atoms with van der Waals surface area (Å²) in [4.78, 5) is 14.9. The smallest absolute Gasteiger partial charge is 0.252 e. The predicted octanol–water partition coefficient (Wildman–Crippen LogP) is 13.2. The van der Waals surface area contributed by atoms with Gasteiger partial charge in [-0.2, -0.15) is 0 Å². The monoisotopic (exact) mass is 845 g/mol. The van der Waals surface area contributed by atoms with Crippen LogP contribution in [0.2, 0.25) is 0 Å². The molecular formula is C58H52BN5O. The second-order valence-corrected chi connectivity index (χ2v) is 19.7. The molecule has 0 fully saturated rings. The molecule has 2 aliphatic rings. The lowest BCUT2D eigenvalue weighted by molar-refractivity contribution is 0.463. The maximum atomic E-state index is 6.55. The Morgan fingerprint density at radius 1 is 0.523 bits per heavy atom. The van der Waals surface area contributed by atoms with Crippen LogP contribution in [0.1, 0.15) is 63.8 Å². The Kier molecular flexibility index (Phi) is 9.40. The minimum Gasteiger partial charge on any atom is -0.439 e. The first-order valence-corrected chi connectivity index (χ1v) is 22.7. The van der Waals surface area contributed by atoms with E-state index < -0.39 is 0 Å². The summed E-state index contributed by atoms with van der Waals surface area (Å²) in [6.07, 6.45) is 1.77. The number of fused-ring (bicyclic) bond motifs is 5. The molecule has 11 rings (SSSR count). The number of rotatable bonds is 6. The summed E-state index contributed by atoms with van der Waals surface area (Å²) < 4.78 is 8.91. The summed E-state index contributed by atoms with van der Waals surface area (Å²) in [6, 6.07) is 59.4. The van der Waals surface area contributed by atoms with Crippen LogP contribution >= 0.6 is 0 Å². The number of aryl methyl sites for hydroxylation is 2. The number of ether oxygens (including phenoxy) is 1. The number of benzene rings is 7. The van der Waals surface area contributed by atoms with Crippen LogP contribution in [0.5, 0.6) is 11.6 Å². The third kappa shape index (κ3) is 6.80. The van der Waals surface area contributed by atoms with E-state index in [2.05, 4.69) is 220 Å². The van der Waals surface area contributed by atoms with Crippen molar-refractivity contribution in [3.05, 3.63) is 192 Å². The lowest BCUT2D eigenvalue weighted by Crippen LogP contribution is -2.61. The van der Waals surface area contributed by atoms with Crippen molar-refractivity contribution < 1.29 is 4.74 Å². The third-order valence-corrected chi connectivity index (χ3v) is 13.3. The molecular weight excluding hydrogens is 793 g/mol. The van der Waals surface area contributed by atoms with Gasteiger partial charge in [0.25, 0.3) is 6.71 Å².